The van der Waals surface area contributed by atoms with Gasteiger partial charge in [-0.05, 0) is 28.9 Å². The molecule has 0 aliphatic heterocycles. The first kappa shape index (κ1) is 12.4. The van der Waals surface area contributed by atoms with E-state index >= 15 is 0 Å². The summed E-state index contributed by atoms with van der Waals surface area (Å²) < 4.78 is 5.35. The van der Waals surface area contributed by atoms with Crippen LogP contribution in [-0.2, 0) is 4.79 Å². The second kappa shape index (κ2) is 4.93. The normalized spacial score (nSPS) is 11.9. The Morgan fingerprint density at radius 1 is 1.62 bits per heavy atom. The first-order valence-corrected chi connectivity index (χ1v) is 5.05. The van der Waals surface area contributed by atoms with Gasteiger partial charge in [-0.15, -0.1) is 0 Å². The molecule has 1 atom stereocenters. The fourth-order valence-corrected chi connectivity index (χ4v) is 1.43. The van der Waals surface area contributed by atoms with E-state index in [1.54, 1.807) is 0 Å². The quantitative estimate of drug-likeness (QED) is 0.678. The number of rotatable bonds is 4. The molecule has 0 aromatic heterocycles. The predicted molar refractivity (Wildman–Crippen MR) is 58.5 cm³/mol. The Bertz CT molecular complexity index is 434. The maximum Gasteiger partial charge on any atom is 0.344 e. The number of carboxylic acids is 1. The van der Waals surface area contributed by atoms with Gasteiger partial charge in [-0.25, -0.2) is 4.79 Å². The van der Waals surface area contributed by atoms with E-state index in [9.17, 15) is 14.9 Å². The minimum absolute atomic E-state index is 0.0811. The van der Waals surface area contributed by atoms with E-state index in [1.807, 2.05) is 0 Å². The molecule has 0 fully saturated rings. The number of nitro benzene ring substituents is 1. The van der Waals surface area contributed by atoms with Crippen molar-refractivity contribution in [2.45, 2.75) is 13.0 Å². The maximum absolute atomic E-state index is 10.7. The molecule has 0 aliphatic carbocycles. The smallest absolute Gasteiger partial charge is 0.344 e. The van der Waals surface area contributed by atoms with E-state index in [2.05, 4.69) is 15.9 Å². The SMILES string of the molecule is C[C@@H](Oc1c(Br)cccc1[N+](=O)[O-])C(=O)O. The third-order valence-electron chi connectivity index (χ3n) is 1.79. The lowest BCUT2D eigenvalue weighted by Crippen LogP contribution is -2.23. The van der Waals surface area contributed by atoms with Gasteiger partial charge < -0.3 is 9.84 Å². The summed E-state index contributed by atoms with van der Waals surface area (Å²) in [6.45, 7) is 1.30. The van der Waals surface area contributed by atoms with Crippen LogP contribution in [0.5, 0.6) is 5.75 Å². The summed E-state index contributed by atoms with van der Waals surface area (Å²) >= 11 is 3.07. The molecule has 86 valence electrons. The van der Waals surface area contributed by atoms with Crippen molar-refractivity contribution in [3.05, 3.63) is 32.8 Å². The molecule has 0 bridgehead atoms. The second-order valence-electron chi connectivity index (χ2n) is 2.94. The largest absolute Gasteiger partial charge is 0.479 e. The van der Waals surface area contributed by atoms with Gasteiger partial charge in [0.25, 0.3) is 0 Å². The molecule has 0 heterocycles. The molecule has 0 saturated heterocycles. The van der Waals surface area contributed by atoms with Gasteiger partial charge in [0.15, 0.2) is 6.10 Å². The van der Waals surface area contributed by atoms with Crippen LogP contribution in [0, 0.1) is 10.1 Å². The molecule has 0 spiro atoms. The zero-order valence-electron chi connectivity index (χ0n) is 8.21. The van der Waals surface area contributed by atoms with Crippen molar-refractivity contribution in [1.82, 2.24) is 0 Å². The van der Waals surface area contributed by atoms with Gasteiger partial charge in [0.1, 0.15) is 0 Å². The Morgan fingerprint density at radius 2 is 2.25 bits per heavy atom. The van der Waals surface area contributed by atoms with Gasteiger partial charge in [-0.1, -0.05) is 6.07 Å². The lowest BCUT2D eigenvalue weighted by molar-refractivity contribution is -0.386. The van der Waals surface area contributed by atoms with Crippen molar-refractivity contribution in [1.29, 1.82) is 0 Å². The van der Waals surface area contributed by atoms with E-state index in [0.29, 0.717) is 4.47 Å². The zero-order valence-corrected chi connectivity index (χ0v) is 9.80. The Morgan fingerprint density at radius 3 is 2.75 bits per heavy atom. The number of carbonyl (C=O) groups is 1. The fraction of sp³-hybridized carbons (Fsp3) is 0.222. The lowest BCUT2D eigenvalue weighted by atomic mass is 10.3. The number of nitrogens with zero attached hydrogens (tertiary/aromatic N) is 1. The lowest BCUT2D eigenvalue weighted by Gasteiger charge is -2.11. The van der Waals surface area contributed by atoms with Crippen LogP contribution < -0.4 is 4.74 Å². The van der Waals surface area contributed by atoms with Crippen molar-refractivity contribution in [3.8, 4) is 5.75 Å². The summed E-state index contributed by atoms with van der Waals surface area (Å²) in [5, 5.41) is 19.3. The van der Waals surface area contributed by atoms with E-state index in [4.69, 9.17) is 9.84 Å². The van der Waals surface area contributed by atoms with Gasteiger partial charge in [0, 0.05) is 6.07 Å². The fourth-order valence-electron chi connectivity index (χ4n) is 0.985. The van der Waals surface area contributed by atoms with Crippen molar-refractivity contribution in [2.75, 3.05) is 0 Å². The number of nitro groups is 1. The monoisotopic (exact) mass is 289 g/mol. The average molecular weight is 290 g/mol. The molecule has 1 rings (SSSR count). The maximum atomic E-state index is 10.7. The number of hydrogen-bond acceptors (Lipinski definition) is 4. The Labute approximate surface area is 99.1 Å². The first-order chi connectivity index (χ1) is 7.43. The molecule has 0 saturated carbocycles. The van der Waals surface area contributed by atoms with Crippen molar-refractivity contribution >= 4 is 27.6 Å². The number of halogens is 1. The summed E-state index contributed by atoms with van der Waals surface area (Å²) in [6, 6.07) is 4.26. The van der Waals surface area contributed by atoms with Gasteiger partial charge in [0.2, 0.25) is 5.75 Å². The van der Waals surface area contributed by atoms with Crippen LogP contribution in [0.3, 0.4) is 0 Å². The molecule has 0 radical (unpaired) electrons. The average Bonchev–Trinajstić information content (AvgIpc) is 2.20. The van der Waals surface area contributed by atoms with E-state index in [0.717, 1.165) is 0 Å². The van der Waals surface area contributed by atoms with Crippen LogP contribution in [0.1, 0.15) is 6.92 Å². The van der Waals surface area contributed by atoms with Gasteiger partial charge in [-0.2, -0.15) is 0 Å². The van der Waals surface area contributed by atoms with Crippen LogP contribution in [0.25, 0.3) is 0 Å². The van der Waals surface area contributed by atoms with Crippen LogP contribution in [0.4, 0.5) is 5.69 Å². The predicted octanol–water partition coefficient (Wildman–Crippen LogP) is 2.21. The highest BCUT2D eigenvalue weighted by Crippen LogP contribution is 2.35. The number of benzene rings is 1. The summed E-state index contributed by atoms with van der Waals surface area (Å²) in [6.07, 6.45) is -1.16. The second-order valence-corrected chi connectivity index (χ2v) is 3.80. The topological polar surface area (TPSA) is 89.7 Å². The summed E-state index contributed by atoms with van der Waals surface area (Å²) in [5.74, 6) is -1.27. The minimum atomic E-state index is -1.19. The molecule has 0 aliphatic rings. The molecule has 0 unspecified atom stereocenters. The molecule has 0 amide bonds. The van der Waals surface area contributed by atoms with Gasteiger partial charge in [0.05, 0.1) is 9.40 Å². The molecule has 1 aromatic rings. The summed E-state index contributed by atoms with van der Waals surface area (Å²) in [5.41, 5.74) is -0.275. The van der Waals surface area contributed by atoms with Crippen LogP contribution in [-0.4, -0.2) is 22.1 Å². The number of aliphatic carboxylic acids is 1. The van der Waals surface area contributed by atoms with Crippen molar-refractivity contribution < 1.29 is 19.6 Å². The number of hydrogen-bond donors (Lipinski definition) is 1. The highest BCUT2D eigenvalue weighted by molar-refractivity contribution is 9.10. The molecular formula is C9H8BrNO5. The highest BCUT2D eigenvalue weighted by atomic mass is 79.9. The molecule has 1 aromatic carbocycles. The standard InChI is InChI=1S/C9H8BrNO5/c1-5(9(12)13)16-8-6(10)3-2-4-7(8)11(14)15/h2-5H,1H3,(H,12,13)/t5-/m1/s1. The van der Waals surface area contributed by atoms with Gasteiger partial charge >= 0.3 is 11.7 Å². The number of carboxylic acid groups (broad SMARTS) is 1. The van der Waals surface area contributed by atoms with E-state index in [1.165, 1.54) is 25.1 Å². The molecule has 16 heavy (non-hydrogen) atoms. The highest BCUT2D eigenvalue weighted by Gasteiger charge is 2.22. The number of ether oxygens (including phenoxy) is 1. The summed E-state index contributed by atoms with van der Waals surface area (Å²) in [4.78, 5) is 20.6. The minimum Gasteiger partial charge on any atom is -0.479 e. The Kier molecular flexibility index (Phi) is 3.83. The number of para-hydroxylation sites is 1. The van der Waals surface area contributed by atoms with E-state index < -0.39 is 17.0 Å². The first-order valence-electron chi connectivity index (χ1n) is 4.26. The Hall–Kier alpha value is -1.63. The van der Waals surface area contributed by atoms with Gasteiger partial charge in [-0.3, -0.25) is 10.1 Å². The third kappa shape index (κ3) is 2.69. The molecule has 7 heteroatoms. The van der Waals surface area contributed by atoms with Crippen molar-refractivity contribution in [2.24, 2.45) is 0 Å². The van der Waals surface area contributed by atoms with Crippen LogP contribution >= 0.6 is 15.9 Å². The zero-order chi connectivity index (χ0) is 12.3. The molecule has 1 N–H and O–H groups in total. The van der Waals surface area contributed by atoms with Crippen LogP contribution in [0.15, 0.2) is 22.7 Å². The molecule has 6 nitrogen and oxygen atoms in total. The molecular weight excluding hydrogens is 282 g/mol. The van der Waals surface area contributed by atoms with Crippen LogP contribution in [0.2, 0.25) is 0 Å². The summed E-state index contributed by atoms with van der Waals surface area (Å²) in [7, 11) is 0. The Balaban J connectivity index is 3.11. The third-order valence-corrected chi connectivity index (χ3v) is 2.41. The van der Waals surface area contributed by atoms with E-state index in [-0.39, 0.29) is 11.4 Å². The van der Waals surface area contributed by atoms with Crippen molar-refractivity contribution in [3.63, 3.8) is 0 Å².